The monoisotopic (exact) mass is 242 g/mol. The minimum atomic E-state index is -3.44. The van der Waals surface area contributed by atoms with Gasteiger partial charge in [-0.05, 0) is 38.5 Å². The van der Waals surface area contributed by atoms with Crippen molar-refractivity contribution in [1.82, 2.24) is 4.72 Å². The van der Waals surface area contributed by atoms with Crippen LogP contribution in [-0.4, -0.2) is 21.5 Å². The predicted octanol–water partition coefficient (Wildman–Crippen LogP) is 1.72. The maximum atomic E-state index is 12.0. The summed E-state index contributed by atoms with van der Waals surface area (Å²) in [4.78, 5) is 0.295. The number of sulfonamides is 1. The van der Waals surface area contributed by atoms with Gasteiger partial charge in [0, 0.05) is 13.1 Å². The predicted molar refractivity (Wildman–Crippen MR) is 66.2 cm³/mol. The van der Waals surface area contributed by atoms with E-state index in [4.69, 9.17) is 0 Å². The van der Waals surface area contributed by atoms with Gasteiger partial charge in [0.1, 0.15) is 4.90 Å². The van der Waals surface area contributed by atoms with Crippen molar-refractivity contribution in [3.8, 4) is 0 Å². The Balaban J connectivity index is 3.25. The number of anilines is 1. The van der Waals surface area contributed by atoms with Gasteiger partial charge in [0.25, 0.3) is 0 Å². The lowest BCUT2D eigenvalue weighted by atomic mass is 10.2. The summed E-state index contributed by atoms with van der Waals surface area (Å²) in [5.41, 5.74) is 1.53. The van der Waals surface area contributed by atoms with Crippen LogP contribution in [0.3, 0.4) is 0 Å². The third-order valence-electron chi connectivity index (χ3n) is 2.09. The number of hydrogen-bond donors (Lipinski definition) is 2. The van der Waals surface area contributed by atoms with Gasteiger partial charge in [-0.2, -0.15) is 0 Å². The first kappa shape index (κ1) is 13.0. The van der Waals surface area contributed by atoms with Crippen LogP contribution < -0.4 is 10.0 Å². The molecule has 1 rings (SSSR count). The van der Waals surface area contributed by atoms with E-state index >= 15 is 0 Å². The lowest BCUT2D eigenvalue weighted by molar-refractivity contribution is 0.570. The van der Waals surface area contributed by atoms with Crippen molar-refractivity contribution in [2.75, 3.05) is 12.4 Å². The van der Waals surface area contributed by atoms with Crippen LogP contribution in [-0.2, 0) is 10.0 Å². The maximum Gasteiger partial charge on any atom is 0.242 e. The van der Waals surface area contributed by atoms with Crippen LogP contribution in [0.1, 0.15) is 19.4 Å². The van der Waals surface area contributed by atoms with Gasteiger partial charge in [-0.15, -0.1) is 0 Å². The van der Waals surface area contributed by atoms with E-state index < -0.39 is 10.0 Å². The normalized spacial score (nSPS) is 11.8. The van der Waals surface area contributed by atoms with E-state index in [0.717, 1.165) is 5.56 Å². The second-order valence-corrected chi connectivity index (χ2v) is 5.71. The van der Waals surface area contributed by atoms with Gasteiger partial charge >= 0.3 is 0 Å². The molecule has 0 radical (unpaired) electrons. The Morgan fingerprint density at radius 2 is 1.88 bits per heavy atom. The summed E-state index contributed by atoms with van der Waals surface area (Å²) in [6.45, 7) is 5.46. The summed E-state index contributed by atoms with van der Waals surface area (Å²) >= 11 is 0. The van der Waals surface area contributed by atoms with Crippen LogP contribution in [0.4, 0.5) is 5.69 Å². The van der Waals surface area contributed by atoms with E-state index in [1.165, 1.54) is 0 Å². The van der Waals surface area contributed by atoms with Gasteiger partial charge in [-0.1, -0.05) is 6.07 Å². The van der Waals surface area contributed by atoms with E-state index in [0.29, 0.717) is 10.6 Å². The van der Waals surface area contributed by atoms with Crippen molar-refractivity contribution in [1.29, 1.82) is 0 Å². The highest BCUT2D eigenvalue weighted by Crippen LogP contribution is 2.22. The lowest BCUT2D eigenvalue weighted by Crippen LogP contribution is -2.30. The van der Waals surface area contributed by atoms with Crippen LogP contribution in [0.5, 0.6) is 0 Å². The molecule has 0 atom stereocenters. The molecule has 0 aliphatic rings. The number of rotatable bonds is 4. The molecule has 0 aliphatic carbocycles. The second kappa shape index (κ2) is 4.84. The number of nitrogens with one attached hydrogen (secondary N) is 2. The van der Waals surface area contributed by atoms with Crippen molar-refractivity contribution >= 4 is 15.7 Å². The van der Waals surface area contributed by atoms with E-state index in [1.54, 1.807) is 33.0 Å². The molecular formula is C11H18N2O2S. The summed E-state index contributed by atoms with van der Waals surface area (Å²) in [6.07, 6.45) is 0. The molecule has 0 saturated carbocycles. The van der Waals surface area contributed by atoms with Gasteiger partial charge in [0.15, 0.2) is 0 Å². The first-order valence-corrected chi connectivity index (χ1v) is 6.66. The molecule has 1 aromatic rings. The topological polar surface area (TPSA) is 58.2 Å². The third-order valence-corrected chi connectivity index (χ3v) is 3.79. The quantitative estimate of drug-likeness (QED) is 0.845. The second-order valence-electron chi connectivity index (χ2n) is 4.03. The molecule has 0 aromatic heterocycles. The van der Waals surface area contributed by atoms with E-state index in [9.17, 15) is 8.42 Å². The zero-order valence-electron chi connectivity index (χ0n) is 10.0. The van der Waals surface area contributed by atoms with Crippen LogP contribution in [0, 0.1) is 6.92 Å². The van der Waals surface area contributed by atoms with Crippen LogP contribution in [0.15, 0.2) is 23.1 Å². The molecule has 0 saturated heterocycles. The minimum absolute atomic E-state index is 0.116. The Labute approximate surface area is 97.1 Å². The summed E-state index contributed by atoms with van der Waals surface area (Å²) < 4.78 is 26.6. The van der Waals surface area contributed by atoms with Crippen LogP contribution in [0.2, 0.25) is 0 Å². The molecule has 4 nitrogen and oxygen atoms in total. The molecular weight excluding hydrogens is 224 g/mol. The number of hydrogen-bond acceptors (Lipinski definition) is 3. The highest BCUT2D eigenvalue weighted by molar-refractivity contribution is 7.89. The summed E-state index contributed by atoms with van der Waals surface area (Å²) in [5.74, 6) is 0. The third kappa shape index (κ3) is 2.96. The zero-order valence-corrected chi connectivity index (χ0v) is 10.9. The minimum Gasteiger partial charge on any atom is -0.387 e. The van der Waals surface area contributed by atoms with Crippen molar-refractivity contribution in [3.05, 3.63) is 23.8 Å². The van der Waals surface area contributed by atoms with Crippen molar-refractivity contribution in [2.24, 2.45) is 0 Å². The maximum absolute atomic E-state index is 12.0. The van der Waals surface area contributed by atoms with Gasteiger partial charge in [0.05, 0.1) is 5.69 Å². The molecule has 0 amide bonds. The van der Waals surface area contributed by atoms with Crippen LogP contribution >= 0.6 is 0 Å². The van der Waals surface area contributed by atoms with Gasteiger partial charge in [-0.25, -0.2) is 13.1 Å². The summed E-state index contributed by atoms with van der Waals surface area (Å²) in [6, 6.07) is 5.19. The first-order chi connectivity index (χ1) is 7.36. The fourth-order valence-corrected chi connectivity index (χ4v) is 2.98. The van der Waals surface area contributed by atoms with Crippen molar-refractivity contribution in [3.63, 3.8) is 0 Å². The first-order valence-electron chi connectivity index (χ1n) is 5.17. The fraction of sp³-hybridized carbons (Fsp3) is 0.455. The van der Waals surface area contributed by atoms with E-state index in [-0.39, 0.29) is 6.04 Å². The number of aryl methyl sites for hydroxylation is 1. The molecule has 0 fully saturated rings. The summed E-state index contributed by atoms with van der Waals surface area (Å²) in [7, 11) is -1.73. The molecule has 90 valence electrons. The molecule has 0 unspecified atom stereocenters. The Morgan fingerprint density at radius 3 is 2.38 bits per heavy atom. The fourth-order valence-electron chi connectivity index (χ4n) is 1.43. The Bertz CT molecular complexity index is 467. The van der Waals surface area contributed by atoms with E-state index in [2.05, 4.69) is 10.0 Å². The Morgan fingerprint density at radius 1 is 1.25 bits per heavy atom. The molecule has 0 bridgehead atoms. The molecule has 0 heterocycles. The average molecular weight is 242 g/mol. The summed E-state index contributed by atoms with van der Waals surface area (Å²) in [5, 5.41) is 2.88. The molecule has 0 aliphatic heterocycles. The van der Waals surface area contributed by atoms with Gasteiger partial charge < -0.3 is 5.32 Å². The smallest absolute Gasteiger partial charge is 0.242 e. The average Bonchev–Trinajstić information content (AvgIpc) is 2.15. The van der Waals surface area contributed by atoms with Crippen LogP contribution in [0.25, 0.3) is 0 Å². The van der Waals surface area contributed by atoms with Gasteiger partial charge in [0.2, 0.25) is 10.0 Å². The lowest BCUT2D eigenvalue weighted by Gasteiger charge is -2.13. The zero-order chi connectivity index (χ0) is 12.3. The molecule has 16 heavy (non-hydrogen) atoms. The highest BCUT2D eigenvalue weighted by Gasteiger charge is 2.19. The molecule has 0 spiro atoms. The van der Waals surface area contributed by atoms with Gasteiger partial charge in [-0.3, -0.25) is 0 Å². The highest BCUT2D eigenvalue weighted by atomic mass is 32.2. The molecule has 2 N–H and O–H groups in total. The number of benzene rings is 1. The molecule has 1 aromatic carbocycles. The van der Waals surface area contributed by atoms with E-state index in [1.807, 2.05) is 13.0 Å². The standard InChI is InChI=1S/C11H18N2O2S/c1-8(2)13-16(14,15)11-7-9(3)5-6-10(11)12-4/h5-8,12-13H,1-4H3. The molecule has 5 heteroatoms. The largest absolute Gasteiger partial charge is 0.387 e. The SMILES string of the molecule is CNc1ccc(C)cc1S(=O)(=O)NC(C)C. The Kier molecular flexibility index (Phi) is 3.93. The van der Waals surface area contributed by atoms with Crippen molar-refractivity contribution in [2.45, 2.75) is 31.7 Å². The Hall–Kier alpha value is -1.07. The van der Waals surface area contributed by atoms with Crippen molar-refractivity contribution < 1.29 is 8.42 Å².